The zero-order chi connectivity index (χ0) is 11.4. The smallest absolute Gasteiger partial charge is 0.173 e. The lowest BCUT2D eigenvalue weighted by Gasteiger charge is -1.98. The second kappa shape index (κ2) is 5.27. The first-order valence-electron chi connectivity index (χ1n) is 4.87. The Morgan fingerprint density at radius 3 is 2.81 bits per heavy atom. The molecule has 0 fully saturated rings. The van der Waals surface area contributed by atoms with Crippen molar-refractivity contribution in [2.24, 2.45) is 0 Å². The Hall–Kier alpha value is -1.13. The normalized spacial score (nSPS) is 10.3. The fraction of sp³-hybridized carbons (Fsp3) is 0.167. The topological polar surface area (TPSA) is 30.0 Å². The van der Waals surface area contributed by atoms with Gasteiger partial charge in [0.05, 0.1) is 5.75 Å². The lowest BCUT2D eigenvalue weighted by Crippen LogP contribution is -2.00. The minimum Gasteiger partial charge on any atom is -0.293 e. The fourth-order valence-electron chi connectivity index (χ4n) is 1.26. The number of aromatic nitrogens is 1. The van der Waals surface area contributed by atoms with Crippen LogP contribution in [0.3, 0.4) is 0 Å². The van der Waals surface area contributed by atoms with Crippen molar-refractivity contribution in [1.29, 1.82) is 0 Å². The van der Waals surface area contributed by atoms with Gasteiger partial charge in [0.15, 0.2) is 5.78 Å². The van der Waals surface area contributed by atoms with Crippen LogP contribution in [0.2, 0.25) is 0 Å². The van der Waals surface area contributed by atoms with Crippen molar-refractivity contribution >= 4 is 28.9 Å². The van der Waals surface area contributed by atoms with Gasteiger partial charge in [-0.05, 0) is 25.1 Å². The minimum atomic E-state index is 0.186. The van der Waals surface area contributed by atoms with Crippen LogP contribution in [0.15, 0.2) is 40.9 Å². The molecule has 2 aromatic heterocycles. The SMILES string of the molecule is Cc1cc(C(=O)CSc2ccncc2)cs1. The summed E-state index contributed by atoms with van der Waals surface area (Å²) in [5.41, 5.74) is 0.823. The number of thiophene rings is 1. The summed E-state index contributed by atoms with van der Waals surface area (Å²) in [4.78, 5) is 18.0. The van der Waals surface area contributed by atoms with Crippen LogP contribution in [-0.2, 0) is 0 Å². The van der Waals surface area contributed by atoms with Crippen molar-refractivity contribution < 1.29 is 4.79 Å². The summed E-state index contributed by atoms with van der Waals surface area (Å²) in [6.07, 6.45) is 3.48. The molecule has 0 N–H and O–H groups in total. The zero-order valence-corrected chi connectivity index (χ0v) is 10.5. The molecule has 2 nitrogen and oxygen atoms in total. The molecule has 0 atom stereocenters. The standard InChI is InChI=1S/C12H11NOS2/c1-9-6-10(7-15-9)12(14)8-16-11-2-4-13-5-3-11/h2-7H,8H2,1H3. The van der Waals surface area contributed by atoms with Crippen LogP contribution in [0.4, 0.5) is 0 Å². The van der Waals surface area contributed by atoms with E-state index in [0.29, 0.717) is 5.75 Å². The van der Waals surface area contributed by atoms with Crippen molar-refractivity contribution in [1.82, 2.24) is 4.98 Å². The predicted octanol–water partition coefficient (Wildman–Crippen LogP) is 3.43. The van der Waals surface area contributed by atoms with E-state index in [4.69, 9.17) is 0 Å². The van der Waals surface area contributed by atoms with Crippen molar-refractivity contribution in [3.05, 3.63) is 46.4 Å². The van der Waals surface area contributed by atoms with E-state index < -0.39 is 0 Å². The predicted molar refractivity (Wildman–Crippen MR) is 68.3 cm³/mol. The van der Waals surface area contributed by atoms with Gasteiger partial charge in [0.1, 0.15) is 0 Å². The Labute approximate surface area is 103 Å². The van der Waals surface area contributed by atoms with Crippen LogP contribution in [0.1, 0.15) is 15.2 Å². The Morgan fingerprint density at radius 1 is 1.44 bits per heavy atom. The second-order valence-electron chi connectivity index (χ2n) is 3.34. The highest BCUT2D eigenvalue weighted by Gasteiger charge is 2.07. The van der Waals surface area contributed by atoms with Crippen LogP contribution < -0.4 is 0 Å². The highest BCUT2D eigenvalue weighted by molar-refractivity contribution is 8.00. The zero-order valence-electron chi connectivity index (χ0n) is 8.84. The van der Waals surface area contributed by atoms with Gasteiger partial charge < -0.3 is 0 Å². The van der Waals surface area contributed by atoms with Crippen molar-refractivity contribution in [2.75, 3.05) is 5.75 Å². The van der Waals surface area contributed by atoms with E-state index in [1.54, 1.807) is 35.5 Å². The molecule has 0 aromatic carbocycles. The summed E-state index contributed by atoms with van der Waals surface area (Å²) in [6.45, 7) is 2.01. The van der Waals surface area contributed by atoms with Gasteiger partial charge in [0.25, 0.3) is 0 Å². The maximum atomic E-state index is 11.8. The number of pyridine rings is 1. The van der Waals surface area contributed by atoms with Crippen LogP contribution >= 0.6 is 23.1 Å². The number of carbonyl (C=O) groups excluding carboxylic acids is 1. The van der Waals surface area contributed by atoms with Crippen LogP contribution in [0, 0.1) is 6.92 Å². The molecule has 0 bridgehead atoms. The van der Waals surface area contributed by atoms with Gasteiger partial charge in [-0.1, -0.05) is 0 Å². The van der Waals surface area contributed by atoms with Crippen molar-refractivity contribution in [3.63, 3.8) is 0 Å². The van der Waals surface area contributed by atoms with E-state index in [0.717, 1.165) is 10.5 Å². The van der Waals surface area contributed by atoms with Gasteiger partial charge in [-0.2, -0.15) is 0 Å². The molecule has 0 saturated carbocycles. The summed E-state index contributed by atoms with van der Waals surface area (Å²) in [7, 11) is 0. The number of Topliss-reactive ketones (excluding diaryl/α,β-unsaturated/α-hetero) is 1. The van der Waals surface area contributed by atoms with Gasteiger partial charge in [-0.3, -0.25) is 9.78 Å². The first-order valence-corrected chi connectivity index (χ1v) is 6.73. The van der Waals surface area contributed by atoms with E-state index in [1.165, 1.54) is 4.88 Å². The molecule has 0 aliphatic carbocycles. The average molecular weight is 249 g/mol. The molecule has 0 unspecified atom stereocenters. The van der Waals surface area contributed by atoms with E-state index in [1.807, 2.05) is 30.5 Å². The maximum Gasteiger partial charge on any atom is 0.173 e. The third kappa shape index (κ3) is 2.93. The Morgan fingerprint density at radius 2 is 2.19 bits per heavy atom. The maximum absolute atomic E-state index is 11.8. The summed E-state index contributed by atoms with van der Waals surface area (Å²) < 4.78 is 0. The van der Waals surface area contributed by atoms with Gasteiger partial charge in [-0.15, -0.1) is 23.1 Å². The van der Waals surface area contributed by atoms with E-state index in [2.05, 4.69) is 4.98 Å². The summed E-state index contributed by atoms with van der Waals surface area (Å²) >= 11 is 3.16. The van der Waals surface area contributed by atoms with Gasteiger partial charge >= 0.3 is 0 Å². The van der Waals surface area contributed by atoms with Crippen LogP contribution in [0.5, 0.6) is 0 Å². The molecule has 16 heavy (non-hydrogen) atoms. The first kappa shape index (κ1) is 11.4. The average Bonchev–Trinajstić information content (AvgIpc) is 2.74. The molecule has 0 radical (unpaired) electrons. The number of carbonyl (C=O) groups is 1. The second-order valence-corrected chi connectivity index (χ2v) is 5.50. The van der Waals surface area contributed by atoms with Gasteiger partial charge in [-0.25, -0.2) is 0 Å². The molecule has 0 saturated heterocycles. The fourth-order valence-corrected chi connectivity index (χ4v) is 2.74. The monoisotopic (exact) mass is 249 g/mol. The molecular weight excluding hydrogens is 238 g/mol. The number of thioether (sulfide) groups is 1. The lowest BCUT2D eigenvalue weighted by molar-refractivity contribution is 0.102. The molecular formula is C12H11NOS2. The van der Waals surface area contributed by atoms with E-state index in [-0.39, 0.29) is 5.78 Å². The Balaban J connectivity index is 1.94. The summed E-state index contributed by atoms with van der Waals surface area (Å²) in [5.74, 6) is 0.673. The third-order valence-corrected chi connectivity index (χ3v) is 3.95. The molecule has 0 spiro atoms. The molecule has 0 aliphatic rings. The summed E-state index contributed by atoms with van der Waals surface area (Å²) in [6, 6.07) is 5.77. The number of nitrogens with zero attached hydrogens (tertiary/aromatic N) is 1. The Bertz CT molecular complexity index is 479. The Kier molecular flexibility index (Phi) is 3.74. The van der Waals surface area contributed by atoms with Crippen LogP contribution in [-0.4, -0.2) is 16.5 Å². The van der Waals surface area contributed by atoms with E-state index in [9.17, 15) is 4.79 Å². The third-order valence-electron chi connectivity index (χ3n) is 2.07. The molecule has 82 valence electrons. The van der Waals surface area contributed by atoms with Crippen molar-refractivity contribution in [2.45, 2.75) is 11.8 Å². The van der Waals surface area contributed by atoms with Crippen molar-refractivity contribution in [3.8, 4) is 0 Å². The quantitative estimate of drug-likeness (QED) is 0.614. The molecule has 0 amide bonds. The highest BCUT2D eigenvalue weighted by Crippen LogP contribution is 2.20. The number of hydrogen-bond acceptors (Lipinski definition) is 4. The van der Waals surface area contributed by atoms with Gasteiger partial charge in [0, 0.05) is 33.1 Å². The van der Waals surface area contributed by atoms with Crippen LogP contribution in [0.25, 0.3) is 0 Å². The number of hydrogen-bond donors (Lipinski definition) is 0. The summed E-state index contributed by atoms with van der Waals surface area (Å²) in [5, 5.41) is 1.92. The molecule has 0 aliphatic heterocycles. The van der Waals surface area contributed by atoms with Gasteiger partial charge in [0.2, 0.25) is 0 Å². The molecule has 4 heteroatoms. The number of rotatable bonds is 4. The lowest BCUT2D eigenvalue weighted by atomic mass is 10.2. The number of aryl methyl sites for hydroxylation is 1. The molecule has 2 aromatic rings. The molecule has 2 rings (SSSR count). The largest absolute Gasteiger partial charge is 0.293 e. The first-order chi connectivity index (χ1) is 7.75. The number of ketones is 1. The molecule has 2 heterocycles. The van der Waals surface area contributed by atoms with E-state index >= 15 is 0 Å². The highest BCUT2D eigenvalue weighted by atomic mass is 32.2. The minimum absolute atomic E-state index is 0.186.